The normalized spacial score (nSPS) is 32.9. The molecule has 114 valence electrons. The van der Waals surface area contributed by atoms with Gasteiger partial charge in [-0.15, -0.1) is 0 Å². The van der Waals surface area contributed by atoms with Gasteiger partial charge in [-0.05, 0) is 44.4 Å². The monoisotopic (exact) mass is 278 g/mol. The van der Waals surface area contributed by atoms with Gasteiger partial charge in [-0.2, -0.15) is 0 Å². The molecule has 2 bridgehead atoms. The molecule has 0 N–H and O–H groups in total. The molecule has 0 amide bonds. The highest BCUT2D eigenvalue weighted by Crippen LogP contribution is 2.64. The van der Waals surface area contributed by atoms with E-state index >= 15 is 0 Å². The number of carbonyl (C=O) groups is 2. The topological polar surface area (TPSA) is 34.1 Å². The molecule has 2 nitrogen and oxygen atoms in total. The van der Waals surface area contributed by atoms with E-state index in [1.165, 1.54) is 0 Å². The third kappa shape index (κ3) is 2.58. The van der Waals surface area contributed by atoms with Gasteiger partial charge in [0.25, 0.3) is 0 Å². The first-order valence-electron chi connectivity index (χ1n) is 8.20. The first-order valence-corrected chi connectivity index (χ1v) is 8.20. The van der Waals surface area contributed by atoms with Crippen molar-refractivity contribution in [1.82, 2.24) is 0 Å². The van der Waals surface area contributed by atoms with Crippen LogP contribution in [0.4, 0.5) is 0 Å². The fourth-order valence-electron chi connectivity index (χ4n) is 4.37. The van der Waals surface area contributed by atoms with Crippen LogP contribution >= 0.6 is 0 Å². The minimum atomic E-state index is -0.276. The second kappa shape index (κ2) is 4.96. The van der Waals surface area contributed by atoms with Crippen LogP contribution in [0.3, 0.4) is 0 Å². The van der Waals surface area contributed by atoms with Gasteiger partial charge in [0.15, 0.2) is 0 Å². The molecule has 0 aliphatic heterocycles. The Bertz CT molecular complexity index is 404. The third-order valence-corrected chi connectivity index (χ3v) is 5.54. The molecule has 20 heavy (non-hydrogen) atoms. The minimum Gasteiger partial charge on any atom is -0.299 e. The summed E-state index contributed by atoms with van der Waals surface area (Å²) in [4.78, 5) is 25.4. The fraction of sp³-hybridized carbons (Fsp3) is 0.889. The summed E-state index contributed by atoms with van der Waals surface area (Å²) in [6.07, 6.45) is 6.32. The van der Waals surface area contributed by atoms with Crippen LogP contribution in [-0.2, 0) is 9.59 Å². The predicted molar refractivity (Wildman–Crippen MR) is 81.5 cm³/mol. The summed E-state index contributed by atoms with van der Waals surface area (Å²) in [6.45, 7) is 10.4. The van der Waals surface area contributed by atoms with E-state index in [-0.39, 0.29) is 16.2 Å². The van der Waals surface area contributed by atoms with Crippen molar-refractivity contribution in [2.24, 2.45) is 22.2 Å². The van der Waals surface area contributed by atoms with Crippen molar-refractivity contribution in [3.8, 4) is 0 Å². The Kier molecular flexibility index (Phi) is 3.90. The van der Waals surface area contributed by atoms with E-state index in [0.29, 0.717) is 23.9 Å². The van der Waals surface area contributed by atoms with E-state index in [1.807, 2.05) is 20.8 Å². The van der Waals surface area contributed by atoms with Gasteiger partial charge >= 0.3 is 0 Å². The number of rotatable bonds is 5. The summed E-state index contributed by atoms with van der Waals surface area (Å²) in [5.41, 5.74) is -0.594. The Morgan fingerprint density at radius 2 is 1.50 bits per heavy atom. The maximum atomic E-state index is 12.8. The molecule has 2 rings (SSSR count). The molecule has 2 fully saturated rings. The molecule has 2 aliphatic carbocycles. The van der Waals surface area contributed by atoms with E-state index in [1.54, 1.807) is 0 Å². The second-order valence-electron chi connectivity index (χ2n) is 8.67. The van der Waals surface area contributed by atoms with E-state index in [2.05, 4.69) is 13.8 Å². The second-order valence-corrected chi connectivity index (χ2v) is 8.67. The molecular formula is C18H30O2. The summed E-state index contributed by atoms with van der Waals surface area (Å²) < 4.78 is 0. The van der Waals surface area contributed by atoms with Crippen molar-refractivity contribution >= 4 is 11.6 Å². The van der Waals surface area contributed by atoms with Crippen LogP contribution in [-0.4, -0.2) is 11.6 Å². The van der Waals surface area contributed by atoms with Crippen molar-refractivity contribution in [3.63, 3.8) is 0 Å². The van der Waals surface area contributed by atoms with Gasteiger partial charge in [-0.25, -0.2) is 0 Å². The van der Waals surface area contributed by atoms with Crippen molar-refractivity contribution in [2.75, 3.05) is 0 Å². The van der Waals surface area contributed by atoms with Crippen LogP contribution in [0, 0.1) is 22.2 Å². The molecule has 0 aromatic carbocycles. The van der Waals surface area contributed by atoms with E-state index in [9.17, 15) is 9.59 Å². The number of ketones is 2. The first kappa shape index (κ1) is 15.7. The Balaban J connectivity index is 2.10. The molecule has 2 heteroatoms. The van der Waals surface area contributed by atoms with Gasteiger partial charge in [-0.3, -0.25) is 9.59 Å². The Hall–Kier alpha value is -0.660. The molecule has 0 radical (unpaired) electrons. The third-order valence-electron chi connectivity index (χ3n) is 5.54. The summed E-state index contributed by atoms with van der Waals surface area (Å²) in [5.74, 6) is 1.41. The highest BCUT2D eigenvalue weighted by Gasteiger charge is 2.61. The van der Waals surface area contributed by atoms with Crippen LogP contribution in [0.2, 0.25) is 0 Å². The van der Waals surface area contributed by atoms with Gasteiger partial charge < -0.3 is 0 Å². The van der Waals surface area contributed by atoms with Gasteiger partial charge in [0.05, 0.1) is 0 Å². The lowest BCUT2D eigenvalue weighted by Crippen LogP contribution is -2.36. The van der Waals surface area contributed by atoms with Gasteiger partial charge in [-0.1, -0.05) is 34.6 Å². The molecule has 0 spiro atoms. The standard InChI is InChI=1S/C18H30O2/c1-13(2)6-7-14(19)17-8-10-18(12-17,11-9-17)15(20)16(3,4)5/h13H,6-12H2,1-5H3. The Labute approximate surface area is 123 Å². The average Bonchev–Trinajstić information content (AvgIpc) is 2.92. The molecule has 2 saturated carbocycles. The molecule has 0 aromatic rings. The van der Waals surface area contributed by atoms with Gasteiger partial charge in [0.1, 0.15) is 11.6 Å². The number of hydrogen-bond acceptors (Lipinski definition) is 2. The van der Waals surface area contributed by atoms with Gasteiger partial charge in [0.2, 0.25) is 0 Å². The van der Waals surface area contributed by atoms with E-state index in [4.69, 9.17) is 0 Å². The lowest BCUT2D eigenvalue weighted by Gasteiger charge is -2.32. The highest BCUT2D eigenvalue weighted by molar-refractivity contribution is 5.94. The number of Topliss-reactive ketones (excluding diaryl/α,β-unsaturated/α-hetero) is 2. The van der Waals surface area contributed by atoms with Crippen LogP contribution in [0.5, 0.6) is 0 Å². The zero-order chi connectivity index (χ0) is 15.2. The van der Waals surface area contributed by atoms with Crippen LogP contribution < -0.4 is 0 Å². The number of carbonyl (C=O) groups excluding carboxylic acids is 2. The van der Waals surface area contributed by atoms with Crippen molar-refractivity contribution in [1.29, 1.82) is 0 Å². The maximum Gasteiger partial charge on any atom is 0.144 e. The van der Waals surface area contributed by atoms with Gasteiger partial charge in [0, 0.05) is 22.7 Å². The van der Waals surface area contributed by atoms with Crippen LogP contribution in [0.1, 0.15) is 79.6 Å². The Morgan fingerprint density at radius 3 is 1.95 bits per heavy atom. The largest absolute Gasteiger partial charge is 0.299 e. The molecular weight excluding hydrogens is 248 g/mol. The smallest absolute Gasteiger partial charge is 0.144 e. The number of hydrogen-bond donors (Lipinski definition) is 0. The fourth-order valence-corrected chi connectivity index (χ4v) is 4.37. The predicted octanol–water partition coefficient (Wildman–Crippen LogP) is 4.56. The van der Waals surface area contributed by atoms with Crippen LogP contribution in [0.15, 0.2) is 0 Å². The van der Waals surface area contributed by atoms with E-state index < -0.39 is 0 Å². The lowest BCUT2D eigenvalue weighted by molar-refractivity contribution is -0.136. The first-order chi connectivity index (χ1) is 9.11. The maximum absolute atomic E-state index is 12.8. The summed E-state index contributed by atoms with van der Waals surface area (Å²) in [7, 11) is 0. The summed E-state index contributed by atoms with van der Waals surface area (Å²) in [5, 5.41) is 0. The summed E-state index contributed by atoms with van der Waals surface area (Å²) >= 11 is 0. The Morgan fingerprint density at radius 1 is 1.00 bits per heavy atom. The van der Waals surface area contributed by atoms with Crippen molar-refractivity contribution < 1.29 is 9.59 Å². The SMILES string of the molecule is CC(C)CCC(=O)C12CCC(C(=O)C(C)(C)C)(CC1)C2. The lowest BCUT2D eigenvalue weighted by atomic mass is 9.70. The van der Waals surface area contributed by atoms with E-state index in [0.717, 1.165) is 38.5 Å². The molecule has 0 unspecified atom stereocenters. The molecule has 2 aliphatic rings. The van der Waals surface area contributed by atoms with Crippen molar-refractivity contribution in [3.05, 3.63) is 0 Å². The molecule has 0 aromatic heterocycles. The minimum absolute atomic E-state index is 0.143. The zero-order valence-corrected chi connectivity index (χ0v) is 13.8. The molecule has 0 saturated heterocycles. The molecule has 0 heterocycles. The quantitative estimate of drug-likeness (QED) is 0.739. The average molecular weight is 278 g/mol. The number of fused-ring (bicyclic) bond motifs is 2. The highest BCUT2D eigenvalue weighted by atomic mass is 16.1. The van der Waals surface area contributed by atoms with Crippen molar-refractivity contribution in [2.45, 2.75) is 79.6 Å². The summed E-state index contributed by atoms with van der Waals surface area (Å²) in [6, 6.07) is 0. The zero-order valence-electron chi connectivity index (χ0n) is 13.8. The molecule has 0 atom stereocenters. The van der Waals surface area contributed by atoms with Crippen LogP contribution in [0.25, 0.3) is 0 Å².